The lowest BCUT2D eigenvalue weighted by Crippen LogP contribution is -2.60. The Morgan fingerprint density at radius 1 is 0.886 bits per heavy atom. The molecule has 3 aromatic rings. The van der Waals surface area contributed by atoms with Gasteiger partial charge in [-0.3, -0.25) is 4.79 Å². The topological polar surface area (TPSA) is 63.3 Å². The molecule has 2 atom stereocenters. The summed E-state index contributed by atoms with van der Waals surface area (Å²) in [5.41, 5.74) is 4.21. The highest BCUT2D eigenvalue weighted by Crippen LogP contribution is 2.39. The standard InChI is InChI=1S/C28H31N3O4/c1-33-22-11-9-19-15-23(28(32)29-20-10-12-26(34-2)27(16-20)35-3)25-18-30(21-7-5-4-6-8-21)13-14-31(25)24(19)17-22/h4-12,16-17,23,25H,13-15,18H2,1-3H3,(H,29,32). The molecule has 0 spiro atoms. The molecule has 35 heavy (non-hydrogen) atoms. The minimum atomic E-state index is -0.212. The molecule has 0 bridgehead atoms. The number of piperazine rings is 1. The number of fused-ring (bicyclic) bond motifs is 3. The van der Waals surface area contributed by atoms with E-state index in [0.717, 1.165) is 31.1 Å². The molecule has 0 saturated carbocycles. The van der Waals surface area contributed by atoms with Gasteiger partial charge in [0.1, 0.15) is 5.75 Å². The van der Waals surface area contributed by atoms with E-state index in [0.29, 0.717) is 23.6 Å². The molecule has 0 aliphatic carbocycles. The number of nitrogens with one attached hydrogen (secondary N) is 1. The monoisotopic (exact) mass is 473 g/mol. The van der Waals surface area contributed by atoms with E-state index < -0.39 is 0 Å². The largest absolute Gasteiger partial charge is 0.497 e. The third-order valence-corrected chi connectivity index (χ3v) is 7.03. The van der Waals surface area contributed by atoms with Gasteiger partial charge in [0.25, 0.3) is 0 Å². The van der Waals surface area contributed by atoms with Crippen LogP contribution < -0.4 is 29.3 Å². The summed E-state index contributed by atoms with van der Waals surface area (Å²) in [4.78, 5) is 18.5. The zero-order valence-electron chi connectivity index (χ0n) is 20.4. The molecule has 7 nitrogen and oxygen atoms in total. The van der Waals surface area contributed by atoms with Crippen molar-refractivity contribution >= 4 is 23.0 Å². The van der Waals surface area contributed by atoms with E-state index in [1.54, 1.807) is 33.5 Å². The zero-order valence-corrected chi connectivity index (χ0v) is 20.4. The molecule has 1 amide bonds. The Bertz CT molecular complexity index is 1200. The number of carbonyl (C=O) groups is 1. The Morgan fingerprint density at radius 3 is 2.43 bits per heavy atom. The van der Waals surface area contributed by atoms with Crippen LogP contribution >= 0.6 is 0 Å². The molecule has 7 heteroatoms. The third kappa shape index (κ3) is 4.46. The molecule has 2 unspecified atom stereocenters. The third-order valence-electron chi connectivity index (χ3n) is 7.03. The Labute approximate surface area is 206 Å². The van der Waals surface area contributed by atoms with Crippen molar-refractivity contribution in [3.63, 3.8) is 0 Å². The van der Waals surface area contributed by atoms with Crippen LogP contribution in [0.3, 0.4) is 0 Å². The molecule has 2 aliphatic heterocycles. The molecule has 3 aromatic carbocycles. The van der Waals surface area contributed by atoms with Gasteiger partial charge in [0.2, 0.25) is 5.91 Å². The van der Waals surface area contributed by atoms with Crippen molar-refractivity contribution in [2.24, 2.45) is 5.92 Å². The summed E-state index contributed by atoms with van der Waals surface area (Å²) in [6.45, 7) is 2.49. The molecule has 0 radical (unpaired) electrons. The number of benzene rings is 3. The van der Waals surface area contributed by atoms with E-state index in [1.807, 2.05) is 18.2 Å². The number of hydrogen-bond acceptors (Lipinski definition) is 6. The summed E-state index contributed by atoms with van der Waals surface area (Å²) in [6.07, 6.45) is 0.669. The zero-order chi connectivity index (χ0) is 24.4. The van der Waals surface area contributed by atoms with Gasteiger partial charge in [-0.25, -0.2) is 0 Å². The van der Waals surface area contributed by atoms with Crippen molar-refractivity contribution in [3.05, 3.63) is 72.3 Å². The first-order valence-electron chi connectivity index (χ1n) is 11.9. The summed E-state index contributed by atoms with van der Waals surface area (Å²) in [5.74, 6) is 1.84. The maximum absolute atomic E-state index is 13.7. The minimum Gasteiger partial charge on any atom is -0.497 e. The van der Waals surface area contributed by atoms with Gasteiger partial charge in [-0.1, -0.05) is 24.3 Å². The molecule has 0 aromatic heterocycles. The van der Waals surface area contributed by atoms with Gasteiger partial charge in [-0.2, -0.15) is 0 Å². The first-order chi connectivity index (χ1) is 17.1. The van der Waals surface area contributed by atoms with Crippen molar-refractivity contribution in [2.75, 3.05) is 56.1 Å². The summed E-state index contributed by atoms with van der Waals surface area (Å²) >= 11 is 0. The van der Waals surface area contributed by atoms with Crippen LogP contribution in [-0.2, 0) is 11.2 Å². The summed E-state index contributed by atoms with van der Waals surface area (Å²) < 4.78 is 16.3. The van der Waals surface area contributed by atoms with Crippen LogP contribution in [-0.4, -0.2) is 52.9 Å². The maximum atomic E-state index is 13.7. The van der Waals surface area contributed by atoms with E-state index in [9.17, 15) is 4.79 Å². The van der Waals surface area contributed by atoms with Crippen LogP contribution in [0, 0.1) is 5.92 Å². The van der Waals surface area contributed by atoms with Crippen molar-refractivity contribution in [3.8, 4) is 17.2 Å². The average Bonchev–Trinajstić information content (AvgIpc) is 2.92. The number of hydrogen-bond donors (Lipinski definition) is 1. The number of nitrogens with zero attached hydrogens (tertiary/aromatic N) is 2. The van der Waals surface area contributed by atoms with Crippen molar-refractivity contribution in [1.82, 2.24) is 0 Å². The lowest BCUT2D eigenvalue weighted by Gasteiger charge is -2.49. The minimum absolute atomic E-state index is 0.00333. The highest BCUT2D eigenvalue weighted by atomic mass is 16.5. The van der Waals surface area contributed by atoms with E-state index in [1.165, 1.54) is 11.3 Å². The predicted octanol–water partition coefficient (Wildman–Crippen LogP) is 4.22. The summed E-state index contributed by atoms with van der Waals surface area (Å²) in [5, 5.41) is 3.13. The fourth-order valence-corrected chi connectivity index (χ4v) is 5.23. The van der Waals surface area contributed by atoms with Crippen LogP contribution in [0.15, 0.2) is 66.7 Å². The van der Waals surface area contributed by atoms with Gasteiger partial charge < -0.3 is 29.3 Å². The average molecular weight is 474 g/mol. The van der Waals surface area contributed by atoms with E-state index in [4.69, 9.17) is 14.2 Å². The number of amides is 1. The number of para-hydroxylation sites is 1. The highest BCUT2D eigenvalue weighted by Gasteiger charge is 2.41. The first kappa shape index (κ1) is 22.9. The second-order valence-electron chi connectivity index (χ2n) is 8.91. The van der Waals surface area contributed by atoms with E-state index >= 15 is 0 Å². The van der Waals surface area contributed by atoms with Crippen molar-refractivity contribution in [2.45, 2.75) is 12.5 Å². The van der Waals surface area contributed by atoms with Gasteiger partial charge >= 0.3 is 0 Å². The fraction of sp³-hybridized carbons (Fsp3) is 0.321. The van der Waals surface area contributed by atoms with Gasteiger partial charge in [-0.05, 0) is 42.3 Å². The van der Waals surface area contributed by atoms with Gasteiger partial charge in [0.15, 0.2) is 11.5 Å². The summed E-state index contributed by atoms with van der Waals surface area (Å²) in [6, 6.07) is 22.1. The molecule has 182 valence electrons. The molecule has 5 rings (SSSR count). The lowest BCUT2D eigenvalue weighted by atomic mass is 9.83. The number of rotatable bonds is 6. The van der Waals surface area contributed by atoms with E-state index in [-0.39, 0.29) is 17.9 Å². The van der Waals surface area contributed by atoms with Gasteiger partial charge in [0, 0.05) is 48.8 Å². The first-order valence-corrected chi connectivity index (χ1v) is 11.9. The smallest absolute Gasteiger partial charge is 0.229 e. The van der Waals surface area contributed by atoms with Gasteiger partial charge in [-0.15, -0.1) is 0 Å². The molecular formula is C28H31N3O4. The Hall–Kier alpha value is -3.87. The van der Waals surface area contributed by atoms with Gasteiger partial charge in [0.05, 0.1) is 33.3 Å². The van der Waals surface area contributed by atoms with Crippen molar-refractivity contribution < 1.29 is 19.0 Å². The molecule has 1 N–H and O–H groups in total. The number of anilines is 3. The Kier molecular flexibility index (Phi) is 6.40. The molecule has 1 saturated heterocycles. The number of carbonyl (C=O) groups excluding carboxylic acids is 1. The maximum Gasteiger partial charge on any atom is 0.229 e. The SMILES string of the molecule is COc1ccc2c(c1)N1CCN(c3ccccc3)CC1C(C(=O)Nc1ccc(OC)c(OC)c1)C2. The van der Waals surface area contributed by atoms with Crippen LogP contribution in [0.25, 0.3) is 0 Å². The van der Waals surface area contributed by atoms with Crippen LogP contribution in [0.5, 0.6) is 17.2 Å². The Balaban J connectivity index is 1.45. The Morgan fingerprint density at radius 2 is 1.69 bits per heavy atom. The number of ether oxygens (including phenoxy) is 3. The molecular weight excluding hydrogens is 442 g/mol. The second kappa shape index (κ2) is 9.78. The highest BCUT2D eigenvalue weighted by molar-refractivity contribution is 5.94. The fourth-order valence-electron chi connectivity index (χ4n) is 5.23. The molecule has 2 heterocycles. The normalized spacial score (nSPS) is 18.8. The summed E-state index contributed by atoms with van der Waals surface area (Å²) in [7, 11) is 4.88. The second-order valence-corrected chi connectivity index (χ2v) is 8.91. The van der Waals surface area contributed by atoms with Crippen LogP contribution in [0.2, 0.25) is 0 Å². The quantitative estimate of drug-likeness (QED) is 0.579. The van der Waals surface area contributed by atoms with Crippen molar-refractivity contribution in [1.29, 1.82) is 0 Å². The predicted molar refractivity (Wildman–Crippen MR) is 138 cm³/mol. The molecule has 1 fully saturated rings. The van der Waals surface area contributed by atoms with Crippen LogP contribution in [0.4, 0.5) is 17.1 Å². The van der Waals surface area contributed by atoms with E-state index in [2.05, 4.69) is 51.5 Å². The number of methoxy groups -OCH3 is 3. The molecule has 2 aliphatic rings. The lowest BCUT2D eigenvalue weighted by molar-refractivity contribution is -0.120. The van der Waals surface area contributed by atoms with Crippen LogP contribution in [0.1, 0.15) is 5.56 Å².